The Labute approximate surface area is 168 Å². The molecule has 1 aliphatic heterocycles. The smallest absolute Gasteiger partial charge is 0.0602 e. The molecule has 1 saturated heterocycles. The molecule has 0 aliphatic carbocycles. The van der Waals surface area contributed by atoms with E-state index >= 15 is 0 Å². The van der Waals surface area contributed by atoms with E-state index in [4.69, 9.17) is 0 Å². The minimum Gasteiger partial charge on any atom is -0.760 e. The molecule has 0 N–H and O–H groups in total. The summed E-state index contributed by atoms with van der Waals surface area (Å²) in [5, 5.41) is 0. The maximum atomic E-state index is 11.9. The van der Waals surface area contributed by atoms with Gasteiger partial charge >= 0.3 is 0 Å². The number of benzene rings is 3. The van der Waals surface area contributed by atoms with Crippen LogP contribution in [0.5, 0.6) is 0 Å². The summed E-state index contributed by atoms with van der Waals surface area (Å²) in [5.74, 6) is 0. The van der Waals surface area contributed by atoms with Crippen LogP contribution in [0.3, 0.4) is 0 Å². The molecule has 0 amide bonds. The van der Waals surface area contributed by atoms with Crippen molar-refractivity contribution in [3.05, 3.63) is 108 Å². The van der Waals surface area contributed by atoms with Crippen LogP contribution in [0, 0.1) is 0 Å². The first-order valence-corrected chi connectivity index (χ1v) is 10.5. The van der Waals surface area contributed by atoms with Crippen LogP contribution in [-0.2, 0) is 17.8 Å². The number of hydrogen-bond donors (Lipinski definition) is 0. The highest BCUT2D eigenvalue weighted by molar-refractivity contribution is 7.76. The van der Waals surface area contributed by atoms with E-state index in [1.54, 1.807) is 4.31 Å². The average molecular weight is 392 g/mol. The van der Waals surface area contributed by atoms with E-state index in [9.17, 15) is 8.76 Å². The molecule has 0 spiro atoms. The lowest BCUT2D eigenvalue weighted by Gasteiger charge is -2.49. The summed E-state index contributed by atoms with van der Waals surface area (Å²) in [6.07, 6.45) is 0. The van der Waals surface area contributed by atoms with Crippen molar-refractivity contribution in [1.82, 2.24) is 9.21 Å². The molecule has 3 aromatic carbocycles. The van der Waals surface area contributed by atoms with E-state index in [2.05, 4.69) is 53.4 Å². The summed E-state index contributed by atoms with van der Waals surface area (Å²) in [6, 6.07) is 30.7. The zero-order valence-electron chi connectivity index (χ0n) is 15.6. The highest BCUT2D eigenvalue weighted by atomic mass is 32.2. The van der Waals surface area contributed by atoms with Crippen molar-refractivity contribution in [3.63, 3.8) is 0 Å². The van der Waals surface area contributed by atoms with Gasteiger partial charge in [-0.05, 0) is 16.7 Å². The third-order valence-electron chi connectivity index (χ3n) is 5.27. The molecule has 28 heavy (non-hydrogen) atoms. The third-order valence-corrected chi connectivity index (χ3v) is 6.08. The minimum atomic E-state index is -2.24. The fourth-order valence-corrected chi connectivity index (χ4v) is 4.46. The topological polar surface area (TPSA) is 46.6 Å². The van der Waals surface area contributed by atoms with E-state index < -0.39 is 11.3 Å². The normalized spacial score (nSPS) is 16.2. The fourth-order valence-electron chi connectivity index (χ4n) is 3.83. The zero-order valence-corrected chi connectivity index (χ0v) is 16.4. The second-order valence-electron chi connectivity index (χ2n) is 7.11. The summed E-state index contributed by atoms with van der Waals surface area (Å²) in [5.41, 5.74) is 3.46. The van der Waals surface area contributed by atoms with Crippen LogP contribution in [0.1, 0.15) is 22.7 Å². The second kappa shape index (κ2) is 8.80. The van der Waals surface area contributed by atoms with Crippen molar-refractivity contribution in [2.75, 3.05) is 13.1 Å². The van der Waals surface area contributed by atoms with Crippen LogP contribution >= 0.6 is 0 Å². The molecule has 0 bridgehead atoms. The van der Waals surface area contributed by atoms with Gasteiger partial charge in [0.25, 0.3) is 0 Å². The first kappa shape index (κ1) is 19.0. The van der Waals surface area contributed by atoms with E-state index in [0.717, 1.165) is 18.7 Å². The minimum absolute atomic E-state index is 0.00605. The predicted octanol–water partition coefficient (Wildman–Crippen LogP) is 3.76. The number of hydrogen-bond acceptors (Lipinski definition) is 3. The van der Waals surface area contributed by atoms with Gasteiger partial charge in [-0.15, -0.1) is 0 Å². The maximum Gasteiger partial charge on any atom is 0.0602 e. The molecule has 1 atom stereocenters. The molecule has 5 heteroatoms. The van der Waals surface area contributed by atoms with Gasteiger partial charge in [-0.1, -0.05) is 91.0 Å². The van der Waals surface area contributed by atoms with E-state index in [1.807, 2.05) is 42.5 Å². The van der Waals surface area contributed by atoms with Crippen LogP contribution in [0.4, 0.5) is 0 Å². The summed E-state index contributed by atoms with van der Waals surface area (Å²) in [6.45, 7) is 1.85. The van der Waals surface area contributed by atoms with Gasteiger partial charge in [0.15, 0.2) is 0 Å². The SMILES string of the molecule is O=S([O-])N(Cc1ccccc1)C1CN(C(c2ccccc2)c2ccccc2)C1. The lowest BCUT2D eigenvalue weighted by molar-refractivity contribution is 0.0494. The van der Waals surface area contributed by atoms with Gasteiger partial charge in [0, 0.05) is 36.9 Å². The lowest BCUT2D eigenvalue weighted by atomic mass is 9.93. The quantitative estimate of drug-likeness (QED) is 0.576. The van der Waals surface area contributed by atoms with Gasteiger partial charge in [-0.3, -0.25) is 9.11 Å². The van der Waals surface area contributed by atoms with Crippen molar-refractivity contribution in [1.29, 1.82) is 0 Å². The van der Waals surface area contributed by atoms with E-state index in [-0.39, 0.29) is 12.1 Å². The largest absolute Gasteiger partial charge is 0.760 e. The molecule has 0 aromatic heterocycles. The molecule has 4 nitrogen and oxygen atoms in total. The third kappa shape index (κ3) is 4.23. The van der Waals surface area contributed by atoms with Crippen molar-refractivity contribution >= 4 is 11.3 Å². The first-order chi connectivity index (χ1) is 13.7. The van der Waals surface area contributed by atoms with Gasteiger partial charge in [0.05, 0.1) is 6.04 Å². The molecule has 0 radical (unpaired) electrons. The van der Waals surface area contributed by atoms with Crippen molar-refractivity contribution in [3.8, 4) is 0 Å². The molecular weight excluding hydrogens is 368 g/mol. The number of nitrogens with zero attached hydrogens (tertiary/aromatic N) is 2. The molecule has 1 fully saturated rings. The van der Waals surface area contributed by atoms with Crippen LogP contribution in [0.2, 0.25) is 0 Å². The molecule has 4 rings (SSSR count). The molecular formula is C23H23N2O2S-. The summed E-state index contributed by atoms with van der Waals surface area (Å²) in [7, 11) is 0. The summed E-state index contributed by atoms with van der Waals surface area (Å²) < 4.78 is 25.3. The Morgan fingerprint density at radius 3 is 1.79 bits per heavy atom. The molecule has 144 valence electrons. The predicted molar refractivity (Wildman–Crippen MR) is 111 cm³/mol. The Hall–Kier alpha value is -2.31. The van der Waals surface area contributed by atoms with Gasteiger partial charge < -0.3 is 4.55 Å². The Morgan fingerprint density at radius 2 is 1.32 bits per heavy atom. The first-order valence-electron chi connectivity index (χ1n) is 9.46. The van der Waals surface area contributed by atoms with Crippen molar-refractivity contribution < 1.29 is 8.76 Å². The van der Waals surface area contributed by atoms with Gasteiger partial charge in [0.1, 0.15) is 0 Å². The van der Waals surface area contributed by atoms with Crippen molar-refractivity contribution in [2.24, 2.45) is 0 Å². The Morgan fingerprint density at radius 1 is 0.857 bits per heavy atom. The number of rotatable bonds is 7. The highest BCUT2D eigenvalue weighted by Gasteiger charge is 2.37. The van der Waals surface area contributed by atoms with Crippen LogP contribution in [0.15, 0.2) is 91.0 Å². The average Bonchev–Trinajstić information content (AvgIpc) is 2.71. The maximum absolute atomic E-state index is 11.9. The Kier molecular flexibility index (Phi) is 5.98. The number of likely N-dealkylation sites (tertiary alicyclic amines) is 1. The lowest BCUT2D eigenvalue weighted by Crippen LogP contribution is -2.60. The van der Waals surface area contributed by atoms with E-state index in [0.29, 0.717) is 6.54 Å². The standard InChI is InChI=1S/C23H24N2O2S/c26-28(27)25(16-19-10-4-1-5-11-19)22-17-24(18-22)23(20-12-6-2-7-13-20)21-14-8-3-9-15-21/h1-15,22-23H,16-18H2,(H,26,27)/p-1. The van der Waals surface area contributed by atoms with Crippen LogP contribution in [0.25, 0.3) is 0 Å². The summed E-state index contributed by atoms with van der Waals surface area (Å²) in [4.78, 5) is 2.35. The molecule has 3 aromatic rings. The Balaban J connectivity index is 1.51. The van der Waals surface area contributed by atoms with Gasteiger partial charge in [-0.2, -0.15) is 0 Å². The molecule has 1 aliphatic rings. The van der Waals surface area contributed by atoms with Crippen LogP contribution in [-0.4, -0.2) is 37.1 Å². The van der Waals surface area contributed by atoms with Gasteiger partial charge in [0.2, 0.25) is 0 Å². The van der Waals surface area contributed by atoms with E-state index in [1.165, 1.54) is 11.1 Å². The summed E-state index contributed by atoms with van der Waals surface area (Å²) >= 11 is -2.24. The van der Waals surface area contributed by atoms with Crippen LogP contribution < -0.4 is 0 Å². The molecule has 0 saturated carbocycles. The van der Waals surface area contributed by atoms with Gasteiger partial charge in [-0.25, -0.2) is 4.31 Å². The fraction of sp³-hybridized carbons (Fsp3) is 0.217. The molecule has 1 heterocycles. The highest BCUT2D eigenvalue weighted by Crippen LogP contribution is 2.34. The second-order valence-corrected chi connectivity index (χ2v) is 8.01. The molecule has 1 unspecified atom stereocenters. The van der Waals surface area contributed by atoms with Crippen molar-refractivity contribution in [2.45, 2.75) is 18.6 Å². The zero-order chi connectivity index (χ0) is 19.3. The Bertz CT molecular complexity index is 860. The monoisotopic (exact) mass is 391 g/mol.